The van der Waals surface area contributed by atoms with Crippen molar-refractivity contribution in [2.24, 2.45) is 0 Å². The van der Waals surface area contributed by atoms with Crippen molar-refractivity contribution in [2.45, 2.75) is 12.1 Å². The van der Waals surface area contributed by atoms with Gasteiger partial charge in [0.05, 0.1) is 5.75 Å². The first-order valence-corrected chi connectivity index (χ1v) is 7.11. The van der Waals surface area contributed by atoms with Gasteiger partial charge in [0.2, 0.25) is 5.89 Å². The molecule has 0 atom stereocenters. The normalized spacial score (nSPS) is 10.9. The molecule has 2 heterocycles. The number of fused-ring (bicyclic) bond motifs is 1. The van der Waals surface area contributed by atoms with Gasteiger partial charge in [-0.25, -0.2) is 4.79 Å². The van der Waals surface area contributed by atoms with Crippen molar-refractivity contribution in [3.05, 3.63) is 52.2 Å². The van der Waals surface area contributed by atoms with Crippen LogP contribution in [-0.4, -0.2) is 21.7 Å². The summed E-state index contributed by atoms with van der Waals surface area (Å²) < 4.78 is 10.3. The first kappa shape index (κ1) is 13.6. The number of benzene rings is 1. The van der Waals surface area contributed by atoms with Crippen molar-refractivity contribution in [2.75, 3.05) is 5.75 Å². The van der Waals surface area contributed by atoms with E-state index in [1.54, 1.807) is 31.2 Å². The van der Waals surface area contributed by atoms with Crippen molar-refractivity contribution in [3.63, 3.8) is 0 Å². The molecule has 3 rings (SSSR count). The quantitative estimate of drug-likeness (QED) is 0.415. The summed E-state index contributed by atoms with van der Waals surface area (Å²) in [7, 11) is 0. The van der Waals surface area contributed by atoms with Crippen LogP contribution in [0.1, 0.15) is 16.2 Å². The summed E-state index contributed by atoms with van der Waals surface area (Å²) in [5.41, 5.74) is -0.155. The highest BCUT2D eigenvalue weighted by atomic mass is 32.2. The lowest BCUT2D eigenvalue weighted by molar-refractivity contribution is 0.101. The van der Waals surface area contributed by atoms with E-state index < -0.39 is 5.63 Å². The average molecular weight is 302 g/mol. The van der Waals surface area contributed by atoms with E-state index in [0.29, 0.717) is 22.1 Å². The van der Waals surface area contributed by atoms with E-state index >= 15 is 0 Å². The van der Waals surface area contributed by atoms with Gasteiger partial charge in [-0.15, -0.1) is 10.2 Å². The van der Waals surface area contributed by atoms with Crippen molar-refractivity contribution < 1.29 is 13.6 Å². The Balaban J connectivity index is 1.84. The molecule has 0 N–H and O–H groups in total. The van der Waals surface area contributed by atoms with Gasteiger partial charge >= 0.3 is 5.63 Å². The molecule has 3 aromatic rings. The van der Waals surface area contributed by atoms with Gasteiger partial charge in [0, 0.05) is 12.3 Å². The molecule has 0 fully saturated rings. The molecular weight excluding hydrogens is 292 g/mol. The largest absolute Gasteiger partial charge is 0.422 e. The molecular formula is C14H10N2O4S. The first-order chi connectivity index (χ1) is 10.1. The monoisotopic (exact) mass is 302 g/mol. The molecule has 0 aliphatic heterocycles. The number of nitrogens with zero attached hydrogens (tertiary/aromatic N) is 2. The van der Waals surface area contributed by atoms with Crippen molar-refractivity contribution in [3.8, 4) is 0 Å². The maximum atomic E-state index is 12.1. The summed E-state index contributed by atoms with van der Waals surface area (Å²) in [5, 5.41) is 8.45. The van der Waals surface area contributed by atoms with Gasteiger partial charge in [-0.3, -0.25) is 4.79 Å². The lowest BCUT2D eigenvalue weighted by atomic mass is 10.1. The molecule has 21 heavy (non-hydrogen) atoms. The number of aryl methyl sites for hydroxylation is 1. The summed E-state index contributed by atoms with van der Waals surface area (Å²) in [6.07, 6.45) is 0. The molecule has 0 spiro atoms. The van der Waals surface area contributed by atoms with Gasteiger partial charge in [0.25, 0.3) is 5.22 Å². The van der Waals surface area contributed by atoms with Crippen LogP contribution in [0.3, 0.4) is 0 Å². The van der Waals surface area contributed by atoms with Crippen molar-refractivity contribution >= 4 is 28.5 Å². The fourth-order valence-corrected chi connectivity index (χ4v) is 2.49. The van der Waals surface area contributed by atoms with Crippen molar-refractivity contribution in [1.29, 1.82) is 0 Å². The summed E-state index contributed by atoms with van der Waals surface area (Å²) in [5.74, 6) is 0.121. The maximum Gasteiger partial charge on any atom is 0.347 e. The molecule has 0 amide bonds. The van der Waals surface area contributed by atoms with Crippen LogP contribution in [0.25, 0.3) is 11.0 Å². The van der Waals surface area contributed by atoms with Gasteiger partial charge in [0.15, 0.2) is 5.78 Å². The standard InChI is InChI=1S/C14H10N2O4S/c1-8-15-16-14(19-8)21-7-11(17)10-6-9-4-2-3-5-12(9)20-13(10)18/h2-6H,7H2,1H3. The molecule has 0 aliphatic rings. The van der Waals surface area contributed by atoms with Gasteiger partial charge in [0.1, 0.15) is 11.1 Å². The van der Waals surface area contributed by atoms with Crippen LogP contribution in [-0.2, 0) is 0 Å². The average Bonchev–Trinajstić information content (AvgIpc) is 2.89. The zero-order valence-corrected chi connectivity index (χ0v) is 11.8. The Hall–Kier alpha value is -2.41. The van der Waals surface area contributed by atoms with Gasteiger partial charge in [-0.1, -0.05) is 30.0 Å². The Kier molecular flexibility index (Phi) is 3.57. The van der Waals surface area contributed by atoms with Crippen LogP contribution in [0.15, 0.2) is 49.2 Å². The fourth-order valence-electron chi connectivity index (χ4n) is 1.80. The van der Waals surface area contributed by atoms with E-state index in [-0.39, 0.29) is 17.1 Å². The van der Waals surface area contributed by atoms with E-state index in [1.165, 1.54) is 0 Å². The Morgan fingerprint density at radius 3 is 2.81 bits per heavy atom. The highest BCUT2D eigenvalue weighted by Crippen LogP contribution is 2.18. The molecule has 0 saturated carbocycles. The molecule has 0 saturated heterocycles. The van der Waals surface area contributed by atoms with Crippen LogP contribution in [0.5, 0.6) is 0 Å². The minimum Gasteiger partial charge on any atom is -0.422 e. The Labute approximate surface area is 123 Å². The second-order valence-corrected chi connectivity index (χ2v) is 5.21. The van der Waals surface area contributed by atoms with E-state index in [0.717, 1.165) is 11.8 Å². The number of hydrogen-bond donors (Lipinski definition) is 0. The van der Waals surface area contributed by atoms with E-state index in [1.807, 2.05) is 6.07 Å². The highest BCUT2D eigenvalue weighted by Gasteiger charge is 2.15. The molecule has 0 aliphatic carbocycles. The number of carbonyl (C=O) groups excluding carboxylic acids is 1. The summed E-state index contributed by atoms with van der Waals surface area (Å²) in [6.45, 7) is 1.66. The molecule has 0 bridgehead atoms. The van der Waals surface area contributed by atoms with E-state index in [4.69, 9.17) is 8.83 Å². The Bertz CT molecular complexity index is 869. The van der Waals surface area contributed by atoms with Gasteiger partial charge in [-0.2, -0.15) is 0 Å². The number of hydrogen-bond acceptors (Lipinski definition) is 7. The zero-order valence-electron chi connectivity index (χ0n) is 11.0. The summed E-state index contributed by atoms with van der Waals surface area (Å²) in [4.78, 5) is 24.0. The molecule has 106 valence electrons. The maximum absolute atomic E-state index is 12.1. The highest BCUT2D eigenvalue weighted by molar-refractivity contribution is 7.99. The minimum absolute atomic E-state index is 0.0254. The minimum atomic E-state index is -0.638. The molecule has 1 aromatic carbocycles. The Morgan fingerprint density at radius 1 is 1.24 bits per heavy atom. The Morgan fingerprint density at radius 2 is 2.05 bits per heavy atom. The molecule has 0 radical (unpaired) electrons. The molecule has 0 unspecified atom stereocenters. The summed E-state index contributed by atoms with van der Waals surface area (Å²) in [6, 6.07) is 8.58. The number of rotatable bonds is 4. The molecule has 7 heteroatoms. The van der Waals surface area contributed by atoms with Gasteiger partial charge in [-0.05, 0) is 12.1 Å². The summed E-state index contributed by atoms with van der Waals surface area (Å²) >= 11 is 1.09. The third kappa shape index (κ3) is 2.87. The lowest BCUT2D eigenvalue weighted by Crippen LogP contribution is -2.15. The van der Waals surface area contributed by atoms with Crippen LogP contribution in [0, 0.1) is 6.92 Å². The topological polar surface area (TPSA) is 86.2 Å². The van der Waals surface area contributed by atoms with E-state index in [9.17, 15) is 9.59 Å². The van der Waals surface area contributed by atoms with E-state index in [2.05, 4.69) is 10.2 Å². The number of ketones is 1. The van der Waals surface area contributed by atoms with Crippen LogP contribution in [0.4, 0.5) is 0 Å². The third-order valence-electron chi connectivity index (χ3n) is 2.78. The molecule has 6 nitrogen and oxygen atoms in total. The first-order valence-electron chi connectivity index (χ1n) is 6.12. The van der Waals surface area contributed by atoms with Crippen LogP contribution >= 0.6 is 11.8 Å². The van der Waals surface area contributed by atoms with Gasteiger partial charge < -0.3 is 8.83 Å². The van der Waals surface area contributed by atoms with Crippen LogP contribution in [0.2, 0.25) is 0 Å². The SMILES string of the molecule is Cc1nnc(SCC(=O)c2cc3ccccc3oc2=O)o1. The number of aromatic nitrogens is 2. The zero-order chi connectivity index (χ0) is 14.8. The number of para-hydroxylation sites is 1. The third-order valence-corrected chi connectivity index (χ3v) is 3.59. The number of Topliss-reactive ketones (excluding diaryl/α,β-unsaturated/α-hetero) is 1. The predicted octanol–water partition coefficient (Wildman–Crippen LogP) is 2.46. The van der Waals surface area contributed by atoms with Crippen molar-refractivity contribution in [1.82, 2.24) is 10.2 Å². The second kappa shape index (κ2) is 5.53. The number of carbonyl (C=O) groups is 1. The lowest BCUT2D eigenvalue weighted by Gasteiger charge is -2.00. The predicted molar refractivity (Wildman–Crippen MR) is 76.6 cm³/mol. The fraction of sp³-hybridized carbons (Fsp3) is 0.143. The molecule has 2 aromatic heterocycles. The number of thioether (sulfide) groups is 1. The smallest absolute Gasteiger partial charge is 0.347 e. The van der Waals surface area contributed by atoms with Crippen LogP contribution < -0.4 is 5.63 Å². The second-order valence-electron chi connectivity index (χ2n) is 4.28.